The summed E-state index contributed by atoms with van der Waals surface area (Å²) in [5, 5.41) is 10.0. The average molecular weight is 389 g/mol. The number of rotatable bonds is 4. The predicted octanol–water partition coefficient (Wildman–Crippen LogP) is 3.27. The van der Waals surface area contributed by atoms with Crippen LogP contribution >= 0.6 is 0 Å². The number of aromatic amines is 1. The molecule has 1 aliphatic heterocycles. The molecule has 1 fully saturated rings. The van der Waals surface area contributed by atoms with Crippen molar-refractivity contribution in [1.82, 2.24) is 20.1 Å². The van der Waals surface area contributed by atoms with E-state index in [2.05, 4.69) is 20.5 Å². The molecule has 2 N–H and O–H groups in total. The van der Waals surface area contributed by atoms with Crippen molar-refractivity contribution in [3.05, 3.63) is 66.1 Å². The second kappa shape index (κ2) is 8.26. The molecule has 0 aliphatic carbocycles. The van der Waals surface area contributed by atoms with Gasteiger partial charge in [-0.25, -0.2) is 0 Å². The summed E-state index contributed by atoms with van der Waals surface area (Å²) in [6.07, 6.45) is 4.94. The lowest BCUT2D eigenvalue weighted by molar-refractivity contribution is -0.121. The van der Waals surface area contributed by atoms with E-state index in [9.17, 15) is 9.59 Å². The lowest BCUT2D eigenvalue weighted by atomic mass is 9.96. The predicted molar refractivity (Wildman–Crippen MR) is 110 cm³/mol. The van der Waals surface area contributed by atoms with Gasteiger partial charge in [-0.15, -0.1) is 0 Å². The van der Waals surface area contributed by atoms with Crippen LogP contribution in [0.15, 0.2) is 54.9 Å². The molecule has 0 saturated carbocycles. The largest absolute Gasteiger partial charge is 0.337 e. The number of hydrogen-bond acceptors (Lipinski definition) is 4. The molecule has 1 aliphatic rings. The van der Waals surface area contributed by atoms with Gasteiger partial charge in [0.25, 0.3) is 5.91 Å². The summed E-state index contributed by atoms with van der Waals surface area (Å²) in [7, 11) is 0. The third-order valence-corrected chi connectivity index (χ3v) is 5.15. The van der Waals surface area contributed by atoms with E-state index >= 15 is 0 Å². The molecular formula is C22H23N5O2. The number of carbonyl (C=O) groups is 2. The summed E-state index contributed by atoms with van der Waals surface area (Å²) in [4.78, 5) is 31.3. The monoisotopic (exact) mass is 389 g/mol. The number of H-pyrrole nitrogens is 1. The van der Waals surface area contributed by atoms with Crippen molar-refractivity contribution in [1.29, 1.82) is 0 Å². The zero-order chi connectivity index (χ0) is 20.2. The van der Waals surface area contributed by atoms with Crippen LogP contribution < -0.4 is 5.32 Å². The topological polar surface area (TPSA) is 91.0 Å². The smallest absolute Gasteiger partial charge is 0.271 e. The number of amides is 2. The molecule has 29 heavy (non-hydrogen) atoms. The first-order chi connectivity index (χ1) is 14.1. The number of anilines is 1. The number of piperidine rings is 1. The maximum absolute atomic E-state index is 12.9. The van der Waals surface area contributed by atoms with Gasteiger partial charge in [-0.1, -0.05) is 12.1 Å². The van der Waals surface area contributed by atoms with Crippen molar-refractivity contribution >= 4 is 17.5 Å². The molecule has 0 spiro atoms. The number of hydrogen-bond donors (Lipinski definition) is 2. The summed E-state index contributed by atoms with van der Waals surface area (Å²) in [5.41, 5.74) is 3.89. The van der Waals surface area contributed by atoms with Crippen molar-refractivity contribution in [3.63, 3.8) is 0 Å². The Bertz CT molecular complexity index is 1010. The molecule has 0 bridgehead atoms. The molecule has 7 nitrogen and oxygen atoms in total. The minimum absolute atomic E-state index is 0.0461. The highest BCUT2D eigenvalue weighted by atomic mass is 16.2. The molecule has 1 atom stereocenters. The lowest BCUT2D eigenvalue weighted by Gasteiger charge is -2.31. The highest BCUT2D eigenvalue weighted by Gasteiger charge is 2.29. The van der Waals surface area contributed by atoms with Crippen LogP contribution in [-0.2, 0) is 4.79 Å². The number of nitrogens with one attached hydrogen (secondary N) is 2. The number of likely N-dealkylation sites (tertiary alicyclic amines) is 1. The fourth-order valence-corrected chi connectivity index (χ4v) is 3.61. The minimum Gasteiger partial charge on any atom is -0.337 e. The van der Waals surface area contributed by atoms with Crippen LogP contribution in [0.4, 0.5) is 5.69 Å². The van der Waals surface area contributed by atoms with Crippen molar-refractivity contribution in [3.8, 4) is 11.3 Å². The maximum Gasteiger partial charge on any atom is 0.271 e. The van der Waals surface area contributed by atoms with Gasteiger partial charge in [0.2, 0.25) is 5.91 Å². The second-order valence-electron chi connectivity index (χ2n) is 7.35. The van der Waals surface area contributed by atoms with E-state index in [1.165, 1.54) is 0 Å². The summed E-state index contributed by atoms with van der Waals surface area (Å²) in [5.74, 6) is -0.406. The Morgan fingerprint density at radius 3 is 2.79 bits per heavy atom. The summed E-state index contributed by atoms with van der Waals surface area (Å²) >= 11 is 0. The van der Waals surface area contributed by atoms with E-state index in [0.29, 0.717) is 24.5 Å². The standard InChI is InChI=1S/C22H23N5O2/c1-15-4-2-6-18(12-15)24-21(28)17-5-3-11-27(14-17)22(29)20-13-19(25-26-20)16-7-9-23-10-8-16/h2,4,6-10,12-13,17H,3,5,11,14H2,1H3,(H,24,28)(H,25,26). The van der Waals surface area contributed by atoms with Crippen LogP contribution in [0.2, 0.25) is 0 Å². The fraction of sp³-hybridized carbons (Fsp3) is 0.273. The maximum atomic E-state index is 12.9. The molecule has 0 radical (unpaired) electrons. The summed E-state index contributed by atoms with van der Waals surface area (Å²) in [6, 6.07) is 13.2. The van der Waals surface area contributed by atoms with Crippen molar-refractivity contribution in [2.24, 2.45) is 5.92 Å². The Morgan fingerprint density at radius 2 is 2.00 bits per heavy atom. The highest BCUT2D eigenvalue weighted by Crippen LogP contribution is 2.22. The van der Waals surface area contributed by atoms with E-state index in [0.717, 1.165) is 29.7 Å². The molecule has 1 unspecified atom stereocenters. The zero-order valence-corrected chi connectivity index (χ0v) is 16.3. The fourth-order valence-electron chi connectivity index (χ4n) is 3.61. The number of aromatic nitrogens is 3. The van der Waals surface area contributed by atoms with E-state index in [4.69, 9.17) is 0 Å². The molecule has 2 aromatic heterocycles. The number of nitrogens with zero attached hydrogens (tertiary/aromatic N) is 3. The second-order valence-corrected chi connectivity index (χ2v) is 7.35. The molecule has 1 saturated heterocycles. The van der Waals surface area contributed by atoms with Crippen molar-refractivity contribution in [2.75, 3.05) is 18.4 Å². The van der Waals surface area contributed by atoms with Crippen LogP contribution in [0, 0.1) is 12.8 Å². The Kier molecular flexibility index (Phi) is 5.37. The first kappa shape index (κ1) is 18.9. The van der Waals surface area contributed by atoms with Crippen LogP contribution in [0.3, 0.4) is 0 Å². The van der Waals surface area contributed by atoms with Crippen LogP contribution in [-0.4, -0.2) is 45.0 Å². The molecular weight excluding hydrogens is 366 g/mol. The molecule has 3 aromatic rings. The third-order valence-electron chi connectivity index (χ3n) is 5.15. The van der Waals surface area contributed by atoms with E-state index in [1.807, 2.05) is 43.3 Å². The lowest BCUT2D eigenvalue weighted by Crippen LogP contribution is -2.43. The van der Waals surface area contributed by atoms with Crippen molar-refractivity contribution < 1.29 is 9.59 Å². The van der Waals surface area contributed by atoms with Gasteiger partial charge in [0, 0.05) is 36.7 Å². The van der Waals surface area contributed by atoms with E-state index < -0.39 is 0 Å². The van der Waals surface area contributed by atoms with Crippen molar-refractivity contribution in [2.45, 2.75) is 19.8 Å². The molecule has 148 valence electrons. The molecule has 2 amide bonds. The third kappa shape index (κ3) is 4.34. The van der Waals surface area contributed by atoms with Crippen LogP contribution in [0.5, 0.6) is 0 Å². The first-order valence-electron chi connectivity index (χ1n) is 9.73. The normalized spacial score (nSPS) is 16.4. The molecule has 3 heterocycles. The number of benzene rings is 1. The first-order valence-corrected chi connectivity index (χ1v) is 9.73. The SMILES string of the molecule is Cc1cccc(NC(=O)C2CCCN(C(=O)c3cc(-c4ccncc4)n[nH]3)C2)c1. The number of pyridine rings is 1. The van der Waals surface area contributed by atoms with Crippen LogP contribution in [0.1, 0.15) is 28.9 Å². The van der Waals surface area contributed by atoms with Gasteiger partial charge in [0.05, 0.1) is 11.6 Å². The zero-order valence-electron chi connectivity index (χ0n) is 16.3. The van der Waals surface area contributed by atoms with Crippen LogP contribution in [0.25, 0.3) is 11.3 Å². The minimum atomic E-state index is -0.226. The van der Waals surface area contributed by atoms with Gasteiger partial charge in [-0.3, -0.25) is 19.7 Å². The highest BCUT2D eigenvalue weighted by molar-refractivity contribution is 5.95. The number of aryl methyl sites for hydroxylation is 1. The Labute approximate surface area is 169 Å². The molecule has 7 heteroatoms. The molecule has 1 aromatic carbocycles. The van der Waals surface area contributed by atoms with E-state index in [1.54, 1.807) is 23.4 Å². The van der Waals surface area contributed by atoms with Gasteiger partial charge in [0.1, 0.15) is 5.69 Å². The van der Waals surface area contributed by atoms with E-state index in [-0.39, 0.29) is 17.7 Å². The van der Waals surface area contributed by atoms with Gasteiger partial charge in [-0.2, -0.15) is 5.10 Å². The molecule has 4 rings (SSSR count). The summed E-state index contributed by atoms with van der Waals surface area (Å²) < 4.78 is 0. The Hall–Kier alpha value is -3.48. The van der Waals surface area contributed by atoms with Gasteiger partial charge < -0.3 is 10.2 Å². The van der Waals surface area contributed by atoms with Gasteiger partial charge in [0.15, 0.2) is 0 Å². The number of carbonyl (C=O) groups excluding carboxylic acids is 2. The van der Waals surface area contributed by atoms with Gasteiger partial charge in [-0.05, 0) is 55.7 Å². The summed E-state index contributed by atoms with van der Waals surface area (Å²) in [6.45, 7) is 3.03. The quantitative estimate of drug-likeness (QED) is 0.716. The van der Waals surface area contributed by atoms with Gasteiger partial charge >= 0.3 is 0 Å². The average Bonchev–Trinajstić information content (AvgIpc) is 3.24. The Morgan fingerprint density at radius 1 is 1.17 bits per heavy atom. The Balaban J connectivity index is 1.42.